The van der Waals surface area contributed by atoms with Gasteiger partial charge in [-0.15, -0.1) is 0 Å². The van der Waals surface area contributed by atoms with E-state index in [4.69, 9.17) is 9.42 Å². The molecule has 2 nitrogen and oxygen atoms in total. The van der Waals surface area contributed by atoms with Gasteiger partial charge < -0.3 is 4.43 Å². The molecule has 104 valence electrons. The lowest BCUT2D eigenvalue weighted by molar-refractivity contribution is 0.190. The molecule has 2 rings (SSSR count). The summed E-state index contributed by atoms with van der Waals surface area (Å²) in [4.78, 5) is 4.83. The van der Waals surface area contributed by atoms with Crippen molar-refractivity contribution in [2.75, 3.05) is 5.33 Å². The minimum Gasteiger partial charge on any atom is -0.412 e. The Balaban J connectivity index is 2.00. The highest BCUT2D eigenvalue weighted by Gasteiger charge is 2.32. The molecule has 0 aromatic heterocycles. The zero-order valence-corrected chi connectivity index (χ0v) is 14.5. The molecule has 0 aliphatic carbocycles. The van der Waals surface area contributed by atoms with E-state index in [1.807, 2.05) is 0 Å². The number of rotatable bonds is 5. The molecule has 1 aromatic carbocycles. The van der Waals surface area contributed by atoms with Gasteiger partial charge >= 0.3 is 0 Å². The van der Waals surface area contributed by atoms with Crippen LogP contribution < -0.4 is 0 Å². The molecule has 0 radical (unpaired) electrons. The maximum atomic E-state index is 6.26. The number of nitrogens with zero attached hydrogens (tertiary/aromatic N) is 1. The van der Waals surface area contributed by atoms with Crippen molar-refractivity contribution in [1.82, 2.24) is 0 Å². The summed E-state index contributed by atoms with van der Waals surface area (Å²) in [5, 5.41) is 0.889. The minimum absolute atomic E-state index is 0.268. The number of benzene rings is 1. The third-order valence-corrected chi connectivity index (χ3v) is 4.80. The highest BCUT2D eigenvalue weighted by Crippen LogP contribution is 2.24. The fourth-order valence-electron chi connectivity index (χ4n) is 2.40. The molecule has 1 heterocycles. The van der Waals surface area contributed by atoms with Gasteiger partial charge in [0.25, 0.3) is 0 Å². The van der Waals surface area contributed by atoms with E-state index in [9.17, 15) is 0 Å². The van der Waals surface area contributed by atoms with Crippen LogP contribution >= 0.6 is 15.9 Å². The molecular weight excluding hydrogens is 318 g/mol. The smallest absolute Gasteiger partial charge is 0.184 e. The zero-order chi connectivity index (χ0) is 13.9. The van der Waals surface area contributed by atoms with Crippen molar-refractivity contribution in [2.24, 2.45) is 4.99 Å². The lowest BCUT2D eigenvalue weighted by Crippen LogP contribution is -2.37. The first-order valence-corrected chi connectivity index (χ1v) is 11.3. The zero-order valence-electron chi connectivity index (χ0n) is 11.9. The van der Waals surface area contributed by atoms with Gasteiger partial charge in [-0.2, -0.15) is 0 Å². The van der Waals surface area contributed by atoms with Crippen LogP contribution in [0.15, 0.2) is 35.3 Å². The summed E-state index contributed by atoms with van der Waals surface area (Å²) in [6.45, 7) is 6.73. The van der Waals surface area contributed by atoms with Gasteiger partial charge in [0, 0.05) is 23.9 Å². The summed E-state index contributed by atoms with van der Waals surface area (Å²) >= 11 is 3.57. The van der Waals surface area contributed by atoms with Gasteiger partial charge in [0.05, 0.1) is 12.1 Å². The summed E-state index contributed by atoms with van der Waals surface area (Å²) in [6.07, 6.45) is 2.20. The van der Waals surface area contributed by atoms with E-state index in [1.165, 1.54) is 11.3 Å². The molecule has 4 heteroatoms. The van der Waals surface area contributed by atoms with Crippen molar-refractivity contribution >= 4 is 30.0 Å². The van der Waals surface area contributed by atoms with E-state index in [0.29, 0.717) is 0 Å². The Bertz CT molecular complexity index is 441. The molecule has 0 amide bonds. The van der Waals surface area contributed by atoms with Gasteiger partial charge in [-0.25, -0.2) is 0 Å². The maximum Gasteiger partial charge on any atom is 0.184 e. The number of hydrogen-bond donors (Lipinski definition) is 0. The second-order valence-corrected chi connectivity index (χ2v) is 11.2. The average molecular weight is 340 g/mol. The Morgan fingerprint density at radius 1 is 1.26 bits per heavy atom. The number of alkyl halides is 1. The van der Waals surface area contributed by atoms with E-state index in [1.54, 1.807) is 0 Å². The highest BCUT2D eigenvalue weighted by atomic mass is 79.9. The van der Waals surface area contributed by atoms with Gasteiger partial charge in [0.1, 0.15) is 0 Å². The summed E-state index contributed by atoms with van der Waals surface area (Å²) < 4.78 is 6.26. The highest BCUT2D eigenvalue weighted by molar-refractivity contribution is 9.09. The molecule has 1 aromatic rings. The second-order valence-electron chi connectivity index (χ2n) is 6.05. The monoisotopic (exact) mass is 339 g/mol. The Kier molecular flexibility index (Phi) is 4.98. The van der Waals surface area contributed by atoms with Gasteiger partial charge in [0.2, 0.25) is 0 Å². The van der Waals surface area contributed by atoms with Crippen molar-refractivity contribution < 1.29 is 4.43 Å². The van der Waals surface area contributed by atoms with E-state index in [2.05, 4.69) is 65.9 Å². The van der Waals surface area contributed by atoms with E-state index in [0.717, 1.165) is 18.2 Å². The first kappa shape index (κ1) is 14.9. The Morgan fingerprint density at radius 2 is 1.95 bits per heavy atom. The number of aliphatic imine (C=N–C) groups is 1. The Hall–Kier alpha value is -0.453. The first-order valence-electron chi connectivity index (χ1n) is 6.81. The molecule has 0 bridgehead atoms. The molecule has 1 aliphatic rings. The van der Waals surface area contributed by atoms with Gasteiger partial charge in [-0.3, -0.25) is 4.99 Å². The van der Waals surface area contributed by atoms with Gasteiger partial charge in [-0.05, 0) is 25.2 Å². The van der Waals surface area contributed by atoms with Crippen molar-refractivity contribution in [1.29, 1.82) is 0 Å². The van der Waals surface area contributed by atoms with Crippen LogP contribution in [0.4, 0.5) is 0 Å². The van der Waals surface area contributed by atoms with Crippen LogP contribution in [0.5, 0.6) is 0 Å². The summed E-state index contributed by atoms with van der Waals surface area (Å²) in [7, 11) is -1.50. The minimum atomic E-state index is -1.50. The van der Waals surface area contributed by atoms with Crippen LogP contribution in [0.2, 0.25) is 19.6 Å². The lowest BCUT2D eigenvalue weighted by atomic mass is 10.1. The predicted octanol–water partition coefficient (Wildman–Crippen LogP) is 4.06. The summed E-state index contributed by atoms with van der Waals surface area (Å²) in [5.74, 6) is 0. The quantitative estimate of drug-likeness (QED) is 0.585. The summed E-state index contributed by atoms with van der Waals surface area (Å²) in [6, 6.07) is 10.8. The fraction of sp³-hybridized carbons (Fsp3) is 0.533. The van der Waals surface area contributed by atoms with E-state index in [-0.39, 0.29) is 12.1 Å². The molecule has 19 heavy (non-hydrogen) atoms. The summed E-state index contributed by atoms with van der Waals surface area (Å²) in [5.41, 5.74) is 2.61. The molecule has 2 atom stereocenters. The Morgan fingerprint density at radius 3 is 2.53 bits per heavy atom. The average Bonchev–Trinajstić information content (AvgIpc) is 2.70. The fourth-order valence-corrected chi connectivity index (χ4v) is 4.11. The van der Waals surface area contributed by atoms with Crippen LogP contribution in [-0.2, 0) is 10.8 Å². The number of halogens is 1. The van der Waals surface area contributed by atoms with Crippen molar-refractivity contribution in [3.8, 4) is 0 Å². The Labute approximate surface area is 125 Å². The van der Waals surface area contributed by atoms with Crippen LogP contribution in [0.3, 0.4) is 0 Å². The van der Waals surface area contributed by atoms with Gasteiger partial charge in [0.15, 0.2) is 8.32 Å². The second kappa shape index (κ2) is 6.33. The molecule has 1 aliphatic heterocycles. The predicted molar refractivity (Wildman–Crippen MR) is 88.0 cm³/mol. The lowest BCUT2D eigenvalue weighted by Gasteiger charge is -2.26. The number of hydrogen-bond acceptors (Lipinski definition) is 2. The SMILES string of the molecule is C[Si](C)(C)OC1CC(Cc2ccccc2)=NC1CBr. The molecule has 0 saturated heterocycles. The molecule has 2 unspecified atom stereocenters. The molecule has 0 spiro atoms. The van der Waals surface area contributed by atoms with Crippen LogP contribution in [-0.4, -0.2) is 31.5 Å². The first-order chi connectivity index (χ1) is 8.98. The molecular formula is C15H22BrNOSi. The van der Waals surface area contributed by atoms with Crippen LogP contribution in [0.1, 0.15) is 12.0 Å². The maximum absolute atomic E-state index is 6.26. The van der Waals surface area contributed by atoms with Crippen LogP contribution in [0, 0.1) is 0 Å². The van der Waals surface area contributed by atoms with Crippen molar-refractivity contribution in [3.63, 3.8) is 0 Å². The van der Waals surface area contributed by atoms with Crippen molar-refractivity contribution in [2.45, 2.75) is 44.6 Å². The normalized spacial score (nSPS) is 23.5. The van der Waals surface area contributed by atoms with E-state index >= 15 is 0 Å². The molecule has 0 fully saturated rings. The van der Waals surface area contributed by atoms with Gasteiger partial charge in [-0.1, -0.05) is 46.3 Å². The van der Waals surface area contributed by atoms with E-state index < -0.39 is 8.32 Å². The van der Waals surface area contributed by atoms with Crippen molar-refractivity contribution in [3.05, 3.63) is 35.9 Å². The topological polar surface area (TPSA) is 21.6 Å². The molecule has 0 N–H and O–H groups in total. The largest absolute Gasteiger partial charge is 0.412 e. The molecule has 0 saturated carbocycles. The third kappa shape index (κ3) is 4.55. The third-order valence-electron chi connectivity index (χ3n) is 3.13. The van der Waals surface area contributed by atoms with Crippen LogP contribution in [0.25, 0.3) is 0 Å². The standard InChI is InChI=1S/C15H22BrNOSi/c1-19(2,3)18-15-10-13(17-14(15)11-16)9-12-7-5-4-6-8-12/h4-8,14-15H,9-11H2,1-3H3.